The molecule has 9 nitrogen and oxygen atoms in total. The van der Waals surface area contributed by atoms with Gasteiger partial charge in [-0.25, -0.2) is 22.7 Å². The predicted octanol–water partition coefficient (Wildman–Crippen LogP) is 4.79. The first-order chi connectivity index (χ1) is 20.4. The van der Waals surface area contributed by atoms with Crippen molar-refractivity contribution in [1.82, 2.24) is 4.72 Å². The van der Waals surface area contributed by atoms with Crippen molar-refractivity contribution in [3.8, 4) is 0 Å². The Bertz CT molecular complexity index is 1330. The van der Waals surface area contributed by atoms with Gasteiger partial charge in [-0.15, -0.1) is 0 Å². The van der Waals surface area contributed by atoms with E-state index >= 15 is 0 Å². The third-order valence-electron chi connectivity index (χ3n) is 8.26. The Balaban J connectivity index is 0.000000190. The second kappa shape index (κ2) is 13.1. The summed E-state index contributed by atoms with van der Waals surface area (Å²) >= 11 is 0. The van der Waals surface area contributed by atoms with Gasteiger partial charge in [-0.2, -0.15) is 26.3 Å². The van der Waals surface area contributed by atoms with Gasteiger partial charge in [0, 0.05) is 18.4 Å². The fourth-order valence-corrected chi connectivity index (χ4v) is 6.73. The summed E-state index contributed by atoms with van der Waals surface area (Å²) in [6.45, 7) is 10.4. The molecule has 0 aromatic heterocycles. The molecule has 0 amide bonds. The first-order valence-electron chi connectivity index (χ1n) is 14.2. The Morgan fingerprint density at radius 2 is 1.53 bits per heavy atom. The Labute approximate surface area is 257 Å². The first kappa shape index (κ1) is 36.6. The number of allylic oxidation sites excluding steroid dienone is 2. The third kappa shape index (κ3) is 9.56. The highest BCUT2D eigenvalue weighted by molar-refractivity contribution is 7.88. The van der Waals surface area contributed by atoms with Gasteiger partial charge in [0.1, 0.15) is 29.0 Å². The zero-order valence-corrected chi connectivity index (χ0v) is 26.0. The molecule has 0 spiro atoms. The summed E-state index contributed by atoms with van der Waals surface area (Å²) in [6, 6.07) is 0. The number of hydrogen-bond donors (Lipinski definition) is 1. The van der Waals surface area contributed by atoms with E-state index < -0.39 is 63.3 Å². The number of rotatable bonds is 6. The molecule has 16 heteroatoms. The van der Waals surface area contributed by atoms with E-state index in [1.807, 2.05) is 0 Å². The largest absolute Gasteiger partial charge is 0.458 e. The van der Waals surface area contributed by atoms with Gasteiger partial charge in [-0.3, -0.25) is 4.79 Å². The normalized spacial score (nSPS) is 30.9. The summed E-state index contributed by atoms with van der Waals surface area (Å²) in [5.74, 6) is -1.64. The van der Waals surface area contributed by atoms with Crippen LogP contribution in [0.5, 0.6) is 0 Å². The van der Waals surface area contributed by atoms with E-state index in [0.29, 0.717) is 31.2 Å². The van der Waals surface area contributed by atoms with Crippen LogP contribution in [0.25, 0.3) is 0 Å². The van der Waals surface area contributed by atoms with Crippen molar-refractivity contribution in [3.05, 3.63) is 36.5 Å². The lowest BCUT2D eigenvalue weighted by Gasteiger charge is -2.25. The van der Waals surface area contributed by atoms with Crippen LogP contribution >= 0.6 is 0 Å². The maximum absolute atomic E-state index is 12.3. The minimum Gasteiger partial charge on any atom is -0.458 e. The molecule has 8 unspecified atom stereocenters. The van der Waals surface area contributed by atoms with E-state index in [2.05, 4.69) is 34.8 Å². The first-order valence-corrected chi connectivity index (χ1v) is 16.1. The number of hydrogen-bond acceptors (Lipinski definition) is 8. The molecular formula is C29H37F6NO8S. The molecule has 4 bridgehead atoms. The van der Waals surface area contributed by atoms with Crippen LogP contribution in [0.4, 0.5) is 26.3 Å². The quantitative estimate of drug-likeness (QED) is 0.140. The molecule has 254 valence electrons. The van der Waals surface area contributed by atoms with E-state index in [9.17, 15) is 49.1 Å². The standard InChI is InChI=1S/C12H11F3O4.C9H15NO2S.C8H11F3O2/c1-4(12(13,14)15)10(16)18-8-5-2-6-7(3-5)11(17)19-9(6)8;1-13(11,12)10-6-9-5-7-2-3-8(9)4-7;1-5(8(9,10)11)6(12)13-7(2,3)4/h5-9H,1-3H2;2-3,7-10H,4-6H2,1H3;1H2,2-4H3. The van der Waals surface area contributed by atoms with Gasteiger partial charge in [-0.05, 0) is 64.2 Å². The van der Waals surface area contributed by atoms with Gasteiger partial charge in [0.2, 0.25) is 10.0 Å². The van der Waals surface area contributed by atoms with Crippen LogP contribution in [0, 0.1) is 35.5 Å². The van der Waals surface area contributed by atoms with Crippen molar-refractivity contribution < 1.29 is 63.4 Å². The lowest BCUT2D eigenvalue weighted by atomic mass is 9.88. The van der Waals surface area contributed by atoms with Crippen LogP contribution in [-0.2, 0) is 38.6 Å². The summed E-state index contributed by atoms with van der Waals surface area (Å²) in [5, 5.41) is 0. The Hall–Kier alpha value is -2.88. The van der Waals surface area contributed by atoms with Gasteiger partial charge >= 0.3 is 30.3 Å². The zero-order chi connectivity index (χ0) is 34.3. The molecular weight excluding hydrogens is 636 g/mol. The molecule has 0 radical (unpaired) electrons. The van der Waals surface area contributed by atoms with Gasteiger partial charge in [0.25, 0.3) is 0 Å². The number of sulfonamides is 1. The van der Waals surface area contributed by atoms with Crippen molar-refractivity contribution in [2.24, 2.45) is 35.5 Å². The van der Waals surface area contributed by atoms with Gasteiger partial charge in [-0.1, -0.05) is 25.3 Å². The van der Waals surface area contributed by atoms with E-state index in [1.54, 1.807) is 0 Å². The third-order valence-corrected chi connectivity index (χ3v) is 8.95. The Kier molecular flexibility index (Phi) is 10.6. The van der Waals surface area contributed by atoms with E-state index in [4.69, 9.17) is 9.47 Å². The average molecular weight is 674 g/mol. The van der Waals surface area contributed by atoms with Crippen LogP contribution in [0.15, 0.2) is 36.5 Å². The highest BCUT2D eigenvalue weighted by atomic mass is 32.2. The minimum atomic E-state index is -4.80. The molecule has 1 N–H and O–H groups in total. The van der Waals surface area contributed by atoms with Crippen LogP contribution in [0.2, 0.25) is 0 Å². The molecule has 45 heavy (non-hydrogen) atoms. The number of carbonyl (C=O) groups is 3. The second-order valence-corrected chi connectivity index (χ2v) is 14.7. The molecule has 4 aliphatic carbocycles. The summed E-state index contributed by atoms with van der Waals surface area (Å²) in [7, 11) is -3.00. The van der Waals surface area contributed by atoms with Gasteiger partial charge in [0.15, 0.2) is 0 Å². The van der Waals surface area contributed by atoms with Crippen LogP contribution in [0.1, 0.15) is 46.5 Å². The molecule has 0 aromatic rings. The van der Waals surface area contributed by atoms with Crippen LogP contribution in [-0.4, -0.2) is 69.3 Å². The maximum atomic E-state index is 12.3. The summed E-state index contributed by atoms with van der Waals surface area (Å²) in [6.07, 6.45) is -1.57. The topological polar surface area (TPSA) is 125 Å². The van der Waals surface area contributed by atoms with Crippen molar-refractivity contribution in [1.29, 1.82) is 0 Å². The lowest BCUT2D eigenvalue weighted by molar-refractivity contribution is -0.166. The van der Waals surface area contributed by atoms with Crippen LogP contribution in [0.3, 0.4) is 0 Å². The molecule has 3 saturated carbocycles. The molecule has 4 fully saturated rings. The van der Waals surface area contributed by atoms with Crippen molar-refractivity contribution in [2.45, 2.75) is 76.6 Å². The van der Waals surface area contributed by atoms with Gasteiger partial charge < -0.3 is 14.2 Å². The Morgan fingerprint density at radius 3 is 2.00 bits per heavy atom. The van der Waals surface area contributed by atoms with Crippen molar-refractivity contribution in [2.75, 3.05) is 12.8 Å². The maximum Gasteiger partial charge on any atom is 0.422 e. The smallest absolute Gasteiger partial charge is 0.422 e. The molecule has 1 saturated heterocycles. The minimum absolute atomic E-state index is 0.0190. The highest BCUT2D eigenvalue weighted by Gasteiger charge is 2.63. The SMILES string of the molecule is C=C(C(=O)OC(C)(C)C)C(F)(F)F.C=C(C(=O)OC1C2CC3C(=O)OC1C3C2)C(F)(F)F.CS(=O)(=O)NCC1CC2C=CC1C2. The molecule has 5 aliphatic rings. The number of alkyl halides is 6. The van der Waals surface area contributed by atoms with Gasteiger partial charge in [0.05, 0.1) is 12.2 Å². The number of carbonyl (C=O) groups excluding carboxylic acids is 3. The van der Waals surface area contributed by atoms with Crippen LogP contribution < -0.4 is 4.72 Å². The lowest BCUT2D eigenvalue weighted by Crippen LogP contribution is -2.37. The molecule has 1 aliphatic heterocycles. The fraction of sp³-hybridized carbons (Fsp3) is 0.690. The van der Waals surface area contributed by atoms with Crippen molar-refractivity contribution >= 4 is 27.9 Å². The van der Waals surface area contributed by atoms with Crippen molar-refractivity contribution in [3.63, 3.8) is 0 Å². The van der Waals surface area contributed by atoms with E-state index in [1.165, 1.54) is 33.4 Å². The zero-order valence-electron chi connectivity index (χ0n) is 25.2. The highest BCUT2D eigenvalue weighted by Crippen LogP contribution is 2.55. The average Bonchev–Trinajstić information content (AvgIpc) is 3.68. The summed E-state index contributed by atoms with van der Waals surface area (Å²) in [4.78, 5) is 33.6. The number of nitrogens with one attached hydrogen (secondary N) is 1. The number of esters is 3. The number of ether oxygens (including phenoxy) is 3. The Morgan fingerprint density at radius 1 is 0.956 bits per heavy atom. The van der Waals surface area contributed by atoms with E-state index in [-0.39, 0.29) is 23.7 Å². The molecule has 8 atom stereocenters. The molecule has 0 aromatic carbocycles. The number of halogens is 6. The molecule has 5 rings (SSSR count). The predicted molar refractivity (Wildman–Crippen MR) is 147 cm³/mol. The fourth-order valence-electron chi connectivity index (χ4n) is 6.22. The molecule has 1 heterocycles. The second-order valence-electron chi connectivity index (χ2n) is 12.9. The number of fused-ring (bicyclic) bond motifs is 3. The summed E-state index contributed by atoms with van der Waals surface area (Å²) in [5.41, 5.74) is -3.95. The van der Waals surface area contributed by atoms with E-state index in [0.717, 1.165) is 12.3 Å². The summed E-state index contributed by atoms with van der Waals surface area (Å²) < 4.78 is 111. The monoisotopic (exact) mass is 673 g/mol.